The zero-order valence-electron chi connectivity index (χ0n) is 14.9. The minimum absolute atomic E-state index is 0.136. The number of aryl methyl sites for hydroxylation is 1. The van der Waals surface area contributed by atoms with Crippen LogP contribution in [0.5, 0.6) is 5.75 Å². The molecule has 3 aromatic rings. The van der Waals surface area contributed by atoms with E-state index in [0.29, 0.717) is 21.9 Å². The summed E-state index contributed by atoms with van der Waals surface area (Å²) in [5, 5.41) is 0.378. The van der Waals surface area contributed by atoms with E-state index in [1.54, 1.807) is 31.4 Å². The lowest BCUT2D eigenvalue weighted by molar-refractivity contribution is 0.416. The van der Waals surface area contributed by atoms with E-state index in [1.807, 2.05) is 37.3 Å². The average Bonchev–Trinajstić information content (AvgIpc) is 2.67. The van der Waals surface area contributed by atoms with Crippen LogP contribution in [0, 0.1) is 6.92 Å². The molecule has 0 saturated heterocycles. The molecule has 0 amide bonds. The molecule has 0 aliphatic heterocycles. The van der Waals surface area contributed by atoms with Crippen molar-refractivity contribution < 1.29 is 13.2 Å². The van der Waals surface area contributed by atoms with Crippen LogP contribution in [-0.4, -0.2) is 21.7 Å². The summed E-state index contributed by atoms with van der Waals surface area (Å²) in [6, 6.07) is 19.5. The molecule has 0 atom stereocenters. The quantitative estimate of drug-likeness (QED) is 0.558. The van der Waals surface area contributed by atoms with Gasteiger partial charge in [0.05, 0.1) is 17.0 Å². The Labute approximate surface area is 164 Å². The van der Waals surface area contributed by atoms with Gasteiger partial charge >= 0.3 is 0 Å². The first-order valence-electron chi connectivity index (χ1n) is 8.21. The van der Waals surface area contributed by atoms with Gasteiger partial charge in [0.15, 0.2) is 0 Å². The third-order valence-corrected chi connectivity index (χ3v) is 5.72. The van der Waals surface area contributed by atoms with Crippen LogP contribution in [-0.2, 0) is 10.0 Å². The molecule has 6 heteroatoms. The summed E-state index contributed by atoms with van der Waals surface area (Å²) in [6.07, 6.45) is 1.27. The molecule has 0 aliphatic carbocycles. The summed E-state index contributed by atoms with van der Waals surface area (Å²) in [4.78, 5) is 0.136. The van der Waals surface area contributed by atoms with Crippen LogP contribution in [0.4, 0.5) is 0 Å². The molecule has 0 aliphatic rings. The maximum Gasteiger partial charge on any atom is 0.282 e. The highest BCUT2D eigenvalue weighted by molar-refractivity contribution is 7.90. The molecule has 0 N–H and O–H groups in total. The number of ether oxygens (including phenoxy) is 1. The van der Waals surface area contributed by atoms with Crippen LogP contribution in [0.2, 0.25) is 5.02 Å². The van der Waals surface area contributed by atoms with Crippen molar-refractivity contribution in [2.24, 2.45) is 4.40 Å². The molecular weight excluding hydrogens is 382 g/mol. The van der Waals surface area contributed by atoms with Crippen molar-refractivity contribution in [3.05, 3.63) is 82.9 Å². The van der Waals surface area contributed by atoms with Crippen molar-refractivity contribution in [3.63, 3.8) is 0 Å². The second kappa shape index (κ2) is 7.94. The van der Waals surface area contributed by atoms with Crippen LogP contribution < -0.4 is 4.74 Å². The van der Waals surface area contributed by atoms with Crippen LogP contribution in [0.3, 0.4) is 0 Å². The Hall–Kier alpha value is -2.63. The van der Waals surface area contributed by atoms with E-state index in [1.165, 1.54) is 18.3 Å². The third kappa shape index (κ3) is 4.21. The Morgan fingerprint density at radius 3 is 2.26 bits per heavy atom. The molecule has 0 heterocycles. The number of hydrogen-bond donors (Lipinski definition) is 0. The van der Waals surface area contributed by atoms with Gasteiger partial charge < -0.3 is 4.74 Å². The normalized spacial score (nSPS) is 11.7. The zero-order valence-corrected chi connectivity index (χ0v) is 16.5. The maximum absolute atomic E-state index is 12.4. The predicted octanol–water partition coefficient (Wildman–Crippen LogP) is 5.13. The monoisotopic (exact) mass is 399 g/mol. The second-order valence-corrected chi connectivity index (χ2v) is 7.95. The topological polar surface area (TPSA) is 55.7 Å². The number of methoxy groups -OCH3 is 1. The van der Waals surface area contributed by atoms with Crippen molar-refractivity contribution in [1.82, 2.24) is 0 Å². The Bertz CT molecular complexity index is 1080. The standard InChI is InChI=1S/C21H18ClNO3S/c1-15-8-11-18(12-9-15)27(24,25)23-14-17-10-13-19(26-2)20(21(17)22)16-6-4-3-5-7-16/h3-14H,1-2H3/b23-14+. The summed E-state index contributed by atoms with van der Waals surface area (Å²) in [6.45, 7) is 1.89. The number of sulfonamides is 1. The Morgan fingerprint density at radius 2 is 1.63 bits per heavy atom. The molecule has 0 aromatic heterocycles. The number of halogens is 1. The fraction of sp³-hybridized carbons (Fsp3) is 0.0952. The van der Waals surface area contributed by atoms with Crippen LogP contribution in [0.1, 0.15) is 11.1 Å². The van der Waals surface area contributed by atoms with Gasteiger partial charge in [-0.1, -0.05) is 59.6 Å². The van der Waals surface area contributed by atoms with Gasteiger partial charge in [-0.3, -0.25) is 0 Å². The first-order valence-corrected chi connectivity index (χ1v) is 10.0. The predicted molar refractivity (Wildman–Crippen MR) is 109 cm³/mol. The van der Waals surface area contributed by atoms with E-state index in [0.717, 1.165) is 11.1 Å². The fourth-order valence-electron chi connectivity index (χ4n) is 2.62. The summed E-state index contributed by atoms with van der Waals surface area (Å²) in [5.74, 6) is 0.602. The second-order valence-electron chi connectivity index (χ2n) is 5.93. The average molecular weight is 400 g/mol. The third-order valence-electron chi connectivity index (χ3n) is 4.07. The number of hydrogen-bond acceptors (Lipinski definition) is 3. The van der Waals surface area contributed by atoms with Gasteiger partial charge in [-0.2, -0.15) is 12.8 Å². The Morgan fingerprint density at radius 1 is 0.963 bits per heavy atom. The molecule has 0 fully saturated rings. The van der Waals surface area contributed by atoms with Gasteiger partial charge in [-0.15, -0.1) is 0 Å². The van der Waals surface area contributed by atoms with Gasteiger partial charge in [-0.25, -0.2) is 0 Å². The molecule has 0 saturated carbocycles. The van der Waals surface area contributed by atoms with Gasteiger partial charge in [0, 0.05) is 17.3 Å². The van der Waals surface area contributed by atoms with Crippen LogP contribution in [0.15, 0.2) is 76.0 Å². The van der Waals surface area contributed by atoms with E-state index < -0.39 is 10.0 Å². The van der Waals surface area contributed by atoms with E-state index in [2.05, 4.69) is 4.40 Å². The van der Waals surface area contributed by atoms with Crippen LogP contribution in [0.25, 0.3) is 11.1 Å². The number of benzene rings is 3. The number of rotatable bonds is 5. The van der Waals surface area contributed by atoms with E-state index in [4.69, 9.17) is 16.3 Å². The van der Waals surface area contributed by atoms with E-state index in [-0.39, 0.29) is 4.90 Å². The first-order chi connectivity index (χ1) is 12.9. The van der Waals surface area contributed by atoms with Crippen molar-refractivity contribution in [2.75, 3.05) is 7.11 Å². The highest BCUT2D eigenvalue weighted by Crippen LogP contribution is 2.38. The summed E-state index contributed by atoms with van der Waals surface area (Å²) >= 11 is 6.56. The lowest BCUT2D eigenvalue weighted by atomic mass is 10.0. The molecule has 3 rings (SSSR count). The molecule has 3 aromatic carbocycles. The van der Waals surface area contributed by atoms with Gasteiger partial charge in [0.2, 0.25) is 0 Å². The molecule has 27 heavy (non-hydrogen) atoms. The highest BCUT2D eigenvalue weighted by Gasteiger charge is 2.15. The molecule has 0 unspecified atom stereocenters. The zero-order chi connectivity index (χ0) is 19.4. The van der Waals surface area contributed by atoms with Crippen molar-refractivity contribution >= 4 is 27.8 Å². The van der Waals surface area contributed by atoms with E-state index in [9.17, 15) is 8.42 Å². The highest BCUT2D eigenvalue weighted by atomic mass is 35.5. The molecule has 0 bridgehead atoms. The molecule has 4 nitrogen and oxygen atoms in total. The molecule has 0 spiro atoms. The van der Waals surface area contributed by atoms with Gasteiger partial charge in [-0.05, 0) is 36.8 Å². The lowest BCUT2D eigenvalue weighted by Gasteiger charge is -2.12. The van der Waals surface area contributed by atoms with Crippen LogP contribution >= 0.6 is 11.6 Å². The minimum Gasteiger partial charge on any atom is -0.496 e. The van der Waals surface area contributed by atoms with Gasteiger partial charge in [0.1, 0.15) is 5.75 Å². The van der Waals surface area contributed by atoms with E-state index >= 15 is 0 Å². The molecular formula is C21H18ClNO3S. The smallest absolute Gasteiger partial charge is 0.282 e. The molecule has 138 valence electrons. The fourth-order valence-corrected chi connectivity index (χ4v) is 3.78. The van der Waals surface area contributed by atoms with Crippen molar-refractivity contribution in [2.45, 2.75) is 11.8 Å². The maximum atomic E-state index is 12.4. The Kier molecular flexibility index (Phi) is 5.63. The SMILES string of the molecule is COc1ccc(/C=N/S(=O)(=O)c2ccc(C)cc2)c(Cl)c1-c1ccccc1. The first kappa shape index (κ1) is 19.1. The Balaban J connectivity index is 2.03. The minimum atomic E-state index is -3.81. The molecule has 0 radical (unpaired) electrons. The van der Waals surface area contributed by atoms with Gasteiger partial charge in [0.25, 0.3) is 10.0 Å². The van der Waals surface area contributed by atoms with Crippen molar-refractivity contribution in [3.8, 4) is 16.9 Å². The summed E-state index contributed by atoms with van der Waals surface area (Å²) in [5.41, 5.74) is 3.03. The summed E-state index contributed by atoms with van der Waals surface area (Å²) < 4.78 is 34.1. The number of nitrogens with zero attached hydrogens (tertiary/aromatic N) is 1. The lowest BCUT2D eigenvalue weighted by Crippen LogP contribution is -1.99. The van der Waals surface area contributed by atoms with Crippen molar-refractivity contribution in [1.29, 1.82) is 0 Å². The summed E-state index contributed by atoms with van der Waals surface area (Å²) in [7, 11) is -2.24. The largest absolute Gasteiger partial charge is 0.496 e.